The molecule has 130 valence electrons. The van der Waals surface area contributed by atoms with Crippen LogP contribution in [-0.4, -0.2) is 29.3 Å². The van der Waals surface area contributed by atoms with Crippen LogP contribution >= 0.6 is 0 Å². The van der Waals surface area contributed by atoms with Gasteiger partial charge in [0.25, 0.3) is 0 Å². The molecule has 0 aliphatic carbocycles. The van der Waals surface area contributed by atoms with E-state index in [0.29, 0.717) is 5.75 Å². The molecular weight excluding hydrogens is 353 g/mol. The number of phenolic OH excluding ortho intramolecular Hbond substituents is 1. The first-order chi connectivity index (χ1) is 10.4. The summed E-state index contributed by atoms with van der Waals surface area (Å²) in [7, 11) is -5.82. The van der Waals surface area contributed by atoms with Crippen LogP contribution in [0.15, 0.2) is 28.5 Å². The fourth-order valence-corrected chi connectivity index (χ4v) is 3.90. The van der Waals surface area contributed by atoms with E-state index in [2.05, 4.69) is 23.6 Å². The van der Waals surface area contributed by atoms with Crippen molar-refractivity contribution in [2.45, 2.75) is 37.1 Å². The molecule has 1 heterocycles. The Bertz CT molecular complexity index is 659. The predicted molar refractivity (Wildman–Crippen MR) is 82.2 cm³/mol. The molecule has 1 aromatic carbocycles. The summed E-state index contributed by atoms with van der Waals surface area (Å²) in [6, 6.07) is 4.25. The minimum absolute atomic E-state index is 0.271. The lowest BCUT2D eigenvalue weighted by atomic mass is 10.1. The van der Waals surface area contributed by atoms with Crippen LogP contribution < -0.4 is 0 Å². The van der Waals surface area contributed by atoms with Crippen molar-refractivity contribution in [3.8, 4) is 5.75 Å². The quantitative estimate of drug-likeness (QED) is 0.467. The molecule has 23 heavy (non-hydrogen) atoms. The Labute approximate surface area is 136 Å². The van der Waals surface area contributed by atoms with Gasteiger partial charge in [0.1, 0.15) is 16.9 Å². The number of allylic oxidation sites excluding steroid dienone is 1. The minimum atomic E-state index is -6.09. The number of alkyl halides is 3. The maximum atomic E-state index is 10.7. The number of hydrogen-bond donors (Lipinski definition) is 1. The summed E-state index contributed by atoms with van der Waals surface area (Å²) in [5.41, 5.74) is -3.65. The van der Waals surface area contributed by atoms with Crippen LogP contribution in [0.25, 0.3) is 0 Å². The molecule has 4 nitrogen and oxygen atoms in total. The van der Waals surface area contributed by atoms with Gasteiger partial charge in [0, 0.05) is 12.1 Å². The topological polar surface area (TPSA) is 77.4 Å². The first kappa shape index (κ1) is 19.9. The number of aromatic hydroxyl groups is 1. The van der Waals surface area contributed by atoms with Crippen LogP contribution in [0.2, 0.25) is 0 Å². The van der Waals surface area contributed by atoms with Crippen molar-refractivity contribution in [2.75, 3.05) is 5.75 Å². The van der Waals surface area contributed by atoms with Crippen LogP contribution in [0, 0.1) is 13.8 Å². The molecule has 0 spiro atoms. The summed E-state index contributed by atoms with van der Waals surface area (Å²) in [6.07, 6.45) is 4.79. The van der Waals surface area contributed by atoms with Crippen LogP contribution in [0.5, 0.6) is 5.75 Å². The Kier molecular flexibility index (Phi) is 6.55. The van der Waals surface area contributed by atoms with Gasteiger partial charge in [-0.1, -0.05) is 0 Å². The largest absolute Gasteiger partial charge is 0.741 e. The van der Waals surface area contributed by atoms with Crippen LogP contribution in [-0.2, 0) is 21.0 Å². The van der Waals surface area contributed by atoms with E-state index >= 15 is 0 Å². The molecular formula is C14H17F3O4S2. The van der Waals surface area contributed by atoms with Crippen molar-refractivity contribution >= 4 is 21.0 Å². The fourth-order valence-electron chi connectivity index (χ4n) is 1.87. The highest BCUT2D eigenvalue weighted by Gasteiger charge is 2.36. The highest BCUT2D eigenvalue weighted by Crippen LogP contribution is 2.29. The maximum absolute atomic E-state index is 10.7. The van der Waals surface area contributed by atoms with Crippen molar-refractivity contribution in [1.29, 1.82) is 0 Å². The maximum Gasteiger partial charge on any atom is 0.485 e. The van der Waals surface area contributed by atoms with E-state index in [-0.39, 0.29) is 10.9 Å². The summed E-state index contributed by atoms with van der Waals surface area (Å²) in [4.78, 5) is 1.37. The normalized spacial score (nSPS) is 18.3. The fraction of sp³-hybridized carbons (Fsp3) is 0.429. The Hall–Kier alpha value is -1.19. The molecule has 1 unspecified atom stereocenters. The Morgan fingerprint density at radius 3 is 2.04 bits per heavy atom. The highest BCUT2D eigenvalue weighted by molar-refractivity contribution is 7.99. The van der Waals surface area contributed by atoms with E-state index in [4.69, 9.17) is 13.0 Å². The van der Waals surface area contributed by atoms with Gasteiger partial charge in [-0.05, 0) is 43.9 Å². The minimum Gasteiger partial charge on any atom is -0.741 e. The molecule has 1 aromatic rings. The van der Waals surface area contributed by atoms with Gasteiger partial charge in [0.05, 0.1) is 10.9 Å². The van der Waals surface area contributed by atoms with Crippen molar-refractivity contribution in [3.05, 3.63) is 34.7 Å². The zero-order valence-electron chi connectivity index (χ0n) is 12.6. The Morgan fingerprint density at radius 2 is 1.70 bits per heavy atom. The van der Waals surface area contributed by atoms with Crippen LogP contribution in [0.3, 0.4) is 0 Å². The van der Waals surface area contributed by atoms with E-state index < -0.39 is 15.6 Å². The summed E-state index contributed by atoms with van der Waals surface area (Å²) in [5, 5.41) is 12.0. The average molecular weight is 370 g/mol. The molecule has 1 atom stereocenters. The molecule has 0 fully saturated rings. The molecule has 9 heteroatoms. The third-order valence-corrected chi connectivity index (χ3v) is 5.70. The summed E-state index contributed by atoms with van der Waals surface area (Å²) < 4.78 is 58.9. The second-order valence-corrected chi connectivity index (χ2v) is 8.33. The lowest BCUT2D eigenvalue weighted by Gasteiger charge is -2.10. The first-order valence-corrected chi connectivity index (χ1v) is 9.48. The van der Waals surface area contributed by atoms with Crippen molar-refractivity contribution < 1.29 is 31.2 Å². The summed E-state index contributed by atoms with van der Waals surface area (Å²) >= 11 is 0. The van der Waals surface area contributed by atoms with Crippen LogP contribution in [0.4, 0.5) is 13.2 Å². The number of phenols is 1. The third-order valence-electron chi connectivity index (χ3n) is 3.05. The van der Waals surface area contributed by atoms with E-state index in [0.717, 1.165) is 11.1 Å². The van der Waals surface area contributed by atoms with E-state index in [1.54, 1.807) is 0 Å². The van der Waals surface area contributed by atoms with Gasteiger partial charge in [-0.25, -0.2) is 8.42 Å². The van der Waals surface area contributed by atoms with E-state index in [1.807, 2.05) is 13.8 Å². The summed E-state index contributed by atoms with van der Waals surface area (Å²) in [5.74, 6) is 1.71. The lowest BCUT2D eigenvalue weighted by molar-refractivity contribution is -0.0517. The monoisotopic (exact) mass is 370 g/mol. The standard InChI is InChI=1S/C13H16OS.CHF3O3S/c1-10-8-12(9-11(2)13(10)14)15-6-4-3-5-7-15;2-1(3,4)8(5,6)7/h4,6,8-9H,3,5,7H2,1-2H3;(H,5,6,7). The molecule has 1 N–H and O–H groups in total. The van der Waals surface area contributed by atoms with Gasteiger partial charge < -0.3 is 9.66 Å². The molecule has 0 amide bonds. The van der Waals surface area contributed by atoms with E-state index in [1.165, 1.54) is 23.5 Å². The van der Waals surface area contributed by atoms with Gasteiger partial charge in [-0.3, -0.25) is 0 Å². The molecule has 0 radical (unpaired) electrons. The highest BCUT2D eigenvalue weighted by atomic mass is 32.2. The van der Waals surface area contributed by atoms with Gasteiger partial charge in [0.2, 0.25) is 0 Å². The number of aryl methyl sites for hydroxylation is 2. The molecule has 1 aliphatic heterocycles. The second kappa shape index (κ2) is 7.59. The first-order valence-electron chi connectivity index (χ1n) is 6.62. The molecule has 0 saturated carbocycles. The SMILES string of the molecule is Cc1cc([S+]2C=CCCC2)cc(C)c1O.O=S(=O)([O-])C(F)(F)F. The second-order valence-electron chi connectivity index (χ2n) is 4.95. The molecule has 0 bridgehead atoms. The van der Waals surface area contributed by atoms with Crippen molar-refractivity contribution in [3.63, 3.8) is 0 Å². The molecule has 0 saturated heterocycles. The van der Waals surface area contributed by atoms with Gasteiger partial charge in [-0.15, -0.1) is 0 Å². The molecule has 0 aromatic heterocycles. The van der Waals surface area contributed by atoms with Crippen LogP contribution in [0.1, 0.15) is 24.0 Å². The third kappa shape index (κ3) is 5.74. The predicted octanol–water partition coefficient (Wildman–Crippen LogP) is 3.35. The van der Waals surface area contributed by atoms with Gasteiger partial charge in [-0.2, -0.15) is 13.2 Å². The van der Waals surface area contributed by atoms with Crippen molar-refractivity contribution in [2.24, 2.45) is 0 Å². The lowest BCUT2D eigenvalue weighted by Crippen LogP contribution is -2.21. The van der Waals surface area contributed by atoms with Gasteiger partial charge >= 0.3 is 5.51 Å². The Balaban J connectivity index is 0.000000284. The van der Waals surface area contributed by atoms with Gasteiger partial charge in [0.15, 0.2) is 15.0 Å². The number of benzene rings is 1. The average Bonchev–Trinajstić information content (AvgIpc) is 2.44. The smallest absolute Gasteiger partial charge is 0.485 e. The van der Waals surface area contributed by atoms with Crippen molar-refractivity contribution in [1.82, 2.24) is 0 Å². The Morgan fingerprint density at radius 1 is 1.22 bits per heavy atom. The summed E-state index contributed by atoms with van der Waals surface area (Å²) in [6.45, 7) is 3.95. The number of rotatable bonds is 1. The zero-order valence-corrected chi connectivity index (χ0v) is 14.2. The zero-order chi connectivity index (χ0) is 17.8. The van der Waals surface area contributed by atoms with E-state index in [9.17, 15) is 18.3 Å². The number of halogens is 3. The molecule has 2 rings (SSSR count). The molecule has 1 aliphatic rings. The number of hydrogen-bond acceptors (Lipinski definition) is 4.